The lowest BCUT2D eigenvalue weighted by molar-refractivity contribution is -0.349. The van der Waals surface area contributed by atoms with Crippen molar-refractivity contribution in [2.24, 2.45) is 0 Å². The van der Waals surface area contributed by atoms with Gasteiger partial charge in [-0.25, -0.2) is 13.6 Å². The van der Waals surface area contributed by atoms with Crippen molar-refractivity contribution < 1.29 is 38.4 Å². The van der Waals surface area contributed by atoms with Crippen molar-refractivity contribution >= 4 is 5.97 Å². The standard InChI is InChI=1S/C23H20F2O6/c24-19-6-1-17(2-7-19)14-30-22(28)12-11-16(5-10-21(26)27)13-23(22,29)31-15-18-3-8-20(25)9-4-18/h1-13,28-29H,14-15H2,(H,26,27)/b10-5+. The summed E-state index contributed by atoms with van der Waals surface area (Å²) >= 11 is 0. The molecule has 2 atom stereocenters. The second kappa shape index (κ2) is 9.32. The SMILES string of the molecule is O=C(O)/C=C/C1=CC(O)(OCc2ccc(F)cc2)C(O)(OCc2ccc(F)cc2)C=C1. The summed E-state index contributed by atoms with van der Waals surface area (Å²) in [7, 11) is 0. The van der Waals surface area contributed by atoms with Crippen LogP contribution >= 0.6 is 0 Å². The summed E-state index contributed by atoms with van der Waals surface area (Å²) in [6.45, 7) is -0.392. The van der Waals surface area contributed by atoms with Gasteiger partial charge in [0.2, 0.25) is 11.6 Å². The molecule has 3 rings (SSSR count). The predicted molar refractivity (Wildman–Crippen MR) is 106 cm³/mol. The molecule has 1 aliphatic rings. The number of carboxylic acid groups (broad SMARTS) is 1. The third-order valence-electron chi connectivity index (χ3n) is 4.54. The van der Waals surface area contributed by atoms with Gasteiger partial charge >= 0.3 is 5.97 Å². The molecule has 6 nitrogen and oxygen atoms in total. The molecule has 1 aliphatic carbocycles. The second-order valence-corrected chi connectivity index (χ2v) is 6.87. The molecule has 0 spiro atoms. The molecule has 2 unspecified atom stereocenters. The lowest BCUT2D eigenvalue weighted by atomic mass is 9.94. The Morgan fingerprint density at radius 1 is 0.871 bits per heavy atom. The van der Waals surface area contributed by atoms with Gasteiger partial charge in [0.1, 0.15) is 11.6 Å². The number of carboxylic acids is 1. The molecule has 0 saturated carbocycles. The molecule has 8 heteroatoms. The monoisotopic (exact) mass is 430 g/mol. The average Bonchev–Trinajstić information content (AvgIpc) is 2.74. The first-order chi connectivity index (χ1) is 14.7. The van der Waals surface area contributed by atoms with E-state index in [9.17, 15) is 23.8 Å². The van der Waals surface area contributed by atoms with E-state index in [2.05, 4.69) is 0 Å². The van der Waals surface area contributed by atoms with E-state index in [4.69, 9.17) is 14.6 Å². The Labute approximate surface area is 177 Å². The van der Waals surface area contributed by atoms with Gasteiger partial charge in [-0.15, -0.1) is 0 Å². The summed E-state index contributed by atoms with van der Waals surface area (Å²) in [5, 5.41) is 31.0. The first-order valence-electron chi connectivity index (χ1n) is 9.24. The Morgan fingerprint density at radius 3 is 1.84 bits per heavy atom. The van der Waals surface area contributed by atoms with E-state index >= 15 is 0 Å². The van der Waals surface area contributed by atoms with E-state index in [1.54, 1.807) is 0 Å². The van der Waals surface area contributed by atoms with Gasteiger partial charge in [-0.2, -0.15) is 0 Å². The maximum atomic E-state index is 13.1. The molecule has 2 aromatic rings. The first kappa shape index (κ1) is 22.5. The minimum absolute atomic E-state index is 0.183. The molecule has 2 aromatic carbocycles. The van der Waals surface area contributed by atoms with E-state index in [0.717, 1.165) is 18.2 Å². The van der Waals surface area contributed by atoms with Crippen LogP contribution in [0.25, 0.3) is 0 Å². The molecule has 0 fully saturated rings. The van der Waals surface area contributed by atoms with Crippen molar-refractivity contribution in [3.8, 4) is 0 Å². The zero-order valence-corrected chi connectivity index (χ0v) is 16.2. The van der Waals surface area contributed by atoms with Crippen molar-refractivity contribution in [1.82, 2.24) is 0 Å². The molecular weight excluding hydrogens is 410 g/mol. The fourth-order valence-corrected chi connectivity index (χ4v) is 2.82. The van der Waals surface area contributed by atoms with Crippen LogP contribution in [0.1, 0.15) is 11.1 Å². The quantitative estimate of drug-likeness (QED) is 0.440. The van der Waals surface area contributed by atoms with Crippen molar-refractivity contribution in [2.45, 2.75) is 24.8 Å². The van der Waals surface area contributed by atoms with Gasteiger partial charge < -0.3 is 24.8 Å². The Kier molecular flexibility index (Phi) is 6.77. The fraction of sp³-hybridized carbons (Fsp3) is 0.174. The van der Waals surface area contributed by atoms with Gasteiger partial charge in [0, 0.05) is 6.08 Å². The van der Waals surface area contributed by atoms with Gasteiger partial charge in [-0.1, -0.05) is 30.3 Å². The maximum Gasteiger partial charge on any atom is 0.328 e. The third kappa shape index (κ3) is 5.71. The van der Waals surface area contributed by atoms with Gasteiger partial charge in [0.05, 0.1) is 13.2 Å². The lowest BCUT2D eigenvalue weighted by Crippen LogP contribution is -2.56. The van der Waals surface area contributed by atoms with E-state index in [-0.39, 0.29) is 18.8 Å². The number of halogens is 2. The van der Waals surface area contributed by atoms with Gasteiger partial charge in [0.25, 0.3) is 0 Å². The summed E-state index contributed by atoms with van der Waals surface area (Å²) in [5.41, 5.74) is 1.30. The topological polar surface area (TPSA) is 96.2 Å². The van der Waals surface area contributed by atoms with Gasteiger partial charge in [-0.3, -0.25) is 0 Å². The second-order valence-electron chi connectivity index (χ2n) is 6.87. The van der Waals surface area contributed by atoms with Gasteiger partial charge in [-0.05, 0) is 59.2 Å². The molecule has 0 saturated heterocycles. The number of hydrogen-bond acceptors (Lipinski definition) is 5. The molecular formula is C23H20F2O6. The largest absolute Gasteiger partial charge is 0.478 e. The molecule has 0 aromatic heterocycles. The summed E-state index contributed by atoms with van der Waals surface area (Å²) < 4.78 is 37.3. The van der Waals surface area contributed by atoms with E-state index in [1.165, 1.54) is 60.7 Å². The van der Waals surface area contributed by atoms with Crippen LogP contribution in [0.3, 0.4) is 0 Å². The van der Waals surface area contributed by atoms with Crippen LogP contribution in [0.15, 0.2) is 84.5 Å². The highest BCUT2D eigenvalue weighted by Crippen LogP contribution is 2.35. The summed E-state index contributed by atoms with van der Waals surface area (Å²) in [4.78, 5) is 10.8. The molecule has 31 heavy (non-hydrogen) atoms. The number of hydrogen-bond donors (Lipinski definition) is 3. The maximum absolute atomic E-state index is 13.1. The van der Waals surface area contributed by atoms with Crippen LogP contribution in [-0.4, -0.2) is 32.9 Å². The fourth-order valence-electron chi connectivity index (χ4n) is 2.82. The number of rotatable bonds is 8. The Hall–Kier alpha value is -3.17. The van der Waals surface area contributed by atoms with Crippen LogP contribution in [0.2, 0.25) is 0 Å². The third-order valence-corrected chi connectivity index (χ3v) is 4.54. The van der Waals surface area contributed by atoms with E-state index in [1.807, 2.05) is 0 Å². The minimum Gasteiger partial charge on any atom is -0.478 e. The summed E-state index contributed by atoms with van der Waals surface area (Å²) in [6, 6.07) is 10.7. The van der Waals surface area contributed by atoms with E-state index in [0.29, 0.717) is 11.1 Å². The number of aliphatic hydroxyl groups is 2. The Morgan fingerprint density at radius 2 is 1.35 bits per heavy atom. The van der Waals surface area contributed by atoms with Crippen molar-refractivity contribution in [1.29, 1.82) is 0 Å². The van der Waals surface area contributed by atoms with Crippen LogP contribution in [-0.2, 0) is 27.5 Å². The number of ether oxygens (including phenoxy) is 2. The summed E-state index contributed by atoms with van der Waals surface area (Å²) in [5.74, 6) is -6.82. The highest BCUT2D eigenvalue weighted by atomic mass is 19.1. The molecule has 162 valence electrons. The molecule has 0 radical (unpaired) electrons. The smallest absolute Gasteiger partial charge is 0.328 e. The average molecular weight is 430 g/mol. The first-order valence-corrected chi connectivity index (χ1v) is 9.24. The van der Waals surface area contributed by atoms with Gasteiger partial charge in [0.15, 0.2) is 0 Å². The number of benzene rings is 2. The van der Waals surface area contributed by atoms with Crippen molar-refractivity contribution in [2.75, 3.05) is 0 Å². The predicted octanol–water partition coefficient (Wildman–Crippen LogP) is 3.21. The van der Waals surface area contributed by atoms with E-state index < -0.39 is 29.2 Å². The summed E-state index contributed by atoms with van der Waals surface area (Å²) in [6.07, 6.45) is 5.67. The lowest BCUT2D eigenvalue weighted by Gasteiger charge is -2.40. The normalized spacial score (nSPS) is 23.2. The highest BCUT2D eigenvalue weighted by Gasteiger charge is 2.51. The van der Waals surface area contributed by atoms with Crippen molar-refractivity contribution in [3.63, 3.8) is 0 Å². The minimum atomic E-state index is -2.41. The Bertz CT molecular complexity index is 1010. The molecule has 0 aliphatic heterocycles. The highest BCUT2D eigenvalue weighted by molar-refractivity contribution is 5.80. The number of aliphatic carboxylic acids is 1. The Balaban J connectivity index is 1.84. The molecule has 3 N–H and O–H groups in total. The number of allylic oxidation sites excluding steroid dienone is 3. The van der Waals surface area contributed by atoms with Crippen LogP contribution in [0.5, 0.6) is 0 Å². The van der Waals surface area contributed by atoms with Crippen LogP contribution in [0.4, 0.5) is 8.78 Å². The van der Waals surface area contributed by atoms with Crippen molar-refractivity contribution in [3.05, 3.63) is 107 Å². The molecule has 0 amide bonds. The zero-order chi connectivity index (χ0) is 22.5. The number of carbonyl (C=O) groups is 1. The van der Waals surface area contributed by atoms with Crippen LogP contribution < -0.4 is 0 Å². The zero-order valence-electron chi connectivity index (χ0n) is 16.2. The van der Waals surface area contributed by atoms with Crippen LogP contribution in [0, 0.1) is 11.6 Å². The molecule has 0 heterocycles. The molecule has 0 bridgehead atoms.